The van der Waals surface area contributed by atoms with Crippen LogP contribution in [0.2, 0.25) is 0 Å². The first-order valence-corrected chi connectivity index (χ1v) is 9.76. The van der Waals surface area contributed by atoms with E-state index in [1.54, 1.807) is 24.4 Å². The van der Waals surface area contributed by atoms with Crippen molar-refractivity contribution in [3.05, 3.63) is 72.6 Å². The topological polar surface area (TPSA) is 98.9 Å². The number of pyridine rings is 1. The minimum Gasteiger partial charge on any atom is -0.456 e. The fourth-order valence-electron chi connectivity index (χ4n) is 1.66. The van der Waals surface area contributed by atoms with E-state index >= 15 is 0 Å². The van der Waals surface area contributed by atoms with E-state index in [0.29, 0.717) is 5.56 Å². The molecule has 0 spiro atoms. The predicted molar refractivity (Wildman–Crippen MR) is 120 cm³/mol. The number of halogens is 3. The van der Waals surface area contributed by atoms with Crippen LogP contribution in [0.15, 0.2) is 66.3 Å². The fourth-order valence-corrected chi connectivity index (χ4v) is 2.20. The van der Waals surface area contributed by atoms with E-state index in [-0.39, 0.29) is 34.8 Å². The molecule has 0 aliphatic rings. The highest BCUT2D eigenvalue weighted by atomic mass is 32.2. The van der Waals surface area contributed by atoms with E-state index in [9.17, 15) is 18.0 Å². The molecule has 2 rings (SSSR count). The SMILES string of the molecule is C=CC.C=N.CC.N=C(OCNC(=O)c1ccc(SC(F)(F)F)cc1)c1cccnc1. The number of hydrogen-bond acceptors (Lipinski definition) is 6. The summed E-state index contributed by atoms with van der Waals surface area (Å²) in [6.07, 6.45) is 4.75. The lowest BCUT2D eigenvalue weighted by atomic mass is 10.2. The van der Waals surface area contributed by atoms with Crippen molar-refractivity contribution in [2.75, 3.05) is 6.73 Å². The minimum atomic E-state index is -4.37. The average molecular weight is 457 g/mol. The predicted octanol–water partition coefficient (Wildman–Crippen LogP) is 5.91. The molecule has 3 N–H and O–H groups in total. The van der Waals surface area contributed by atoms with Crippen LogP contribution in [0.3, 0.4) is 0 Å². The smallest absolute Gasteiger partial charge is 0.446 e. The van der Waals surface area contributed by atoms with E-state index in [0.717, 1.165) is 0 Å². The summed E-state index contributed by atoms with van der Waals surface area (Å²) in [4.78, 5) is 15.7. The standard InChI is InChI=1S/C15H12F3N3O2S.C3H6.C2H6.CH3N/c16-15(17,18)24-12-5-3-10(4-6-12)14(22)21-9-23-13(19)11-2-1-7-20-8-11;1-3-2;2*1-2/h1-8,19H,9H2,(H,21,22);3H,1H2,2H3;1-2H3;2H,1H2. The number of allylic oxidation sites excluding steroid dienone is 1. The number of nitrogens with one attached hydrogen (secondary N) is 3. The zero-order valence-electron chi connectivity index (χ0n) is 17.6. The van der Waals surface area contributed by atoms with Gasteiger partial charge in [0, 0.05) is 22.9 Å². The molecule has 0 radical (unpaired) electrons. The van der Waals surface area contributed by atoms with Crippen LogP contribution < -0.4 is 5.32 Å². The second kappa shape index (κ2) is 17.7. The van der Waals surface area contributed by atoms with Crippen LogP contribution in [0.4, 0.5) is 13.2 Å². The van der Waals surface area contributed by atoms with Gasteiger partial charge in [-0.2, -0.15) is 13.2 Å². The molecule has 31 heavy (non-hydrogen) atoms. The van der Waals surface area contributed by atoms with Crippen LogP contribution in [0.5, 0.6) is 0 Å². The number of nitrogens with zero attached hydrogens (tertiary/aromatic N) is 1. The number of benzene rings is 1. The summed E-state index contributed by atoms with van der Waals surface area (Å²) in [6.45, 7) is 11.5. The number of alkyl halides is 3. The summed E-state index contributed by atoms with van der Waals surface area (Å²) in [5.41, 5.74) is -3.72. The van der Waals surface area contributed by atoms with Gasteiger partial charge in [-0.1, -0.05) is 19.9 Å². The Hall–Kier alpha value is -3.14. The van der Waals surface area contributed by atoms with Gasteiger partial charge >= 0.3 is 5.51 Å². The van der Waals surface area contributed by atoms with Gasteiger partial charge in [0.25, 0.3) is 5.91 Å². The molecule has 6 nitrogen and oxygen atoms in total. The van der Waals surface area contributed by atoms with Crippen LogP contribution >= 0.6 is 11.8 Å². The first-order chi connectivity index (χ1) is 14.8. The van der Waals surface area contributed by atoms with Crippen LogP contribution in [0.25, 0.3) is 0 Å². The Labute approximate surface area is 185 Å². The fraction of sp³-hybridized carbons (Fsp3) is 0.238. The van der Waals surface area contributed by atoms with Gasteiger partial charge in [0.2, 0.25) is 5.90 Å². The number of thioether (sulfide) groups is 1. The molecule has 1 aromatic heterocycles. The third kappa shape index (κ3) is 14.5. The third-order valence-corrected chi connectivity index (χ3v) is 3.46. The number of hydrogen-bond donors (Lipinski definition) is 3. The summed E-state index contributed by atoms with van der Waals surface area (Å²) in [6, 6.07) is 8.28. The number of carbonyl (C=O) groups is 1. The molecular weight excluding hydrogens is 429 g/mol. The monoisotopic (exact) mass is 456 g/mol. The largest absolute Gasteiger partial charge is 0.456 e. The van der Waals surface area contributed by atoms with Crippen molar-refractivity contribution >= 4 is 30.3 Å². The molecular formula is C21H27F3N4O2S. The van der Waals surface area contributed by atoms with Crippen molar-refractivity contribution in [2.45, 2.75) is 31.2 Å². The quantitative estimate of drug-likeness (QED) is 0.171. The van der Waals surface area contributed by atoms with Crippen molar-refractivity contribution < 1.29 is 22.7 Å². The van der Waals surface area contributed by atoms with Gasteiger partial charge in [0.1, 0.15) is 0 Å². The maximum Gasteiger partial charge on any atom is 0.446 e. The number of aromatic nitrogens is 1. The van der Waals surface area contributed by atoms with Crippen LogP contribution in [0, 0.1) is 10.8 Å². The Morgan fingerprint density at radius 3 is 2.19 bits per heavy atom. The molecule has 0 aliphatic heterocycles. The van der Waals surface area contributed by atoms with Crippen molar-refractivity contribution in [3.8, 4) is 0 Å². The van der Waals surface area contributed by atoms with Crippen LogP contribution in [-0.2, 0) is 4.74 Å². The number of rotatable bonds is 5. The molecule has 0 saturated carbocycles. The molecule has 0 fully saturated rings. The molecule has 0 atom stereocenters. The summed E-state index contributed by atoms with van der Waals surface area (Å²) in [7, 11) is 0. The summed E-state index contributed by atoms with van der Waals surface area (Å²) >= 11 is -0.250. The summed E-state index contributed by atoms with van der Waals surface area (Å²) in [5, 5.41) is 15.6. The van der Waals surface area contributed by atoms with Crippen molar-refractivity contribution in [3.63, 3.8) is 0 Å². The summed E-state index contributed by atoms with van der Waals surface area (Å²) < 4.78 is 41.7. The lowest BCUT2D eigenvalue weighted by Crippen LogP contribution is -2.27. The highest BCUT2D eigenvalue weighted by Crippen LogP contribution is 2.36. The molecule has 10 heteroatoms. The zero-order valence-corrected chi connectivity index (χ0v) is 18.4. The van der Waals surface area contributed by atoms with Gasteiger partial charge in [0.05, 0.1) is 5.56 Å². The van der Waals surface area contributed by atoms with Crippen molar-refractivity contribution in [1.82, 2.24) is 10.3 Å². The Kier molecular flexibility index (Phi) is 17.2. The van der Waals surface area contributed by atoms with E-state index in [4.69, 9.17) is 15.6 Å². The molecule has 0 unspecified atom stereocenters. The van der Waals surface area contributed by atoms with Crippen molar-refractivity contribution in [1.29, 1.82) is 10.8 Å². The molecule has 0 saturated heterocycles. The van der Waals surface area contributed by atoms with Crippen LogP contribution in [0.1, 0.15) is 36.7 Å². The first-order valence-electron chi connectivity index (χ1n) is 8.95. The van der Waals surface area contributed by atoms with Crippen molar-refractivity contribution in [2.24, 2.45) is 0 Å². The van der Waals surface area contributed by atoms with E-state index in [1.165, 1.54) is 30.5 Å². The zero-order chi connectivity index (χ0) is 24.3. The normalized spacial score (nSPS) is 9.23. The maximum atomic E-state index is 12.2. The Morgan fingerprint density at radius 2 is 1.74 bits per heavy atom. The molecule has 1 heterocycles. The Balaban J connectivity index is 0. The highest BCUT2D eigenvalue weighted by molar-refractivity contribution is 8.00. The molecule has 0 bridgehead atoms. The Morgan fingerprint density at radius 1 is 1.19 bits per heavy atom. The minimum absolute atomic E-state index is 0.00587. The van der Waals surface area contributed by atoms with Gasteiger partial charge in [-0.05, 0) is 61.8 Å². The number of carbonyl (C=O) groups excluding carboxylic acids is 1. The first kappa shape index (κ1) is 30.1. The second-order valence-electron chi connectivity index (χ2n) is 4.85. The van der Waals surface area contributed by atoms with E-state index < -0.39 is 11.4 Å². The molecule has 0 aliphatic carbocycles. The lowest BCUT2D eigenvalue weighted by Gasteiger charge is -2.09. The summed E-state index contributed by atoms with van der Waals surface area (Å²) in [5.74, 6) is -0.669. The average Bonchev–Trinajstić information content (AvgIpc) is 2.77. The van der Waals surface area contributed by atoms with Gasteiger partial charge in [-0.25, -0.2) is 0 Å². The Bertz CT molecular complexity index is 770. The van der Waals surface area contributed by atoms with Gasteiger partial charge in [-0.15, -0.1) is 6.58 Å². The molecule has 170 valence electrons. The van der Waals surface area contributed by atoms with Gasteiger partial charge < -0.3 is 15.5 Å². The number of ether oxygens (including phenoxy) is 1. The van der Waals surface area contributed by atoms with E-state index in [1.807, 2.05) is 20.8 Å². The molecule has 1 amide bonds. The van der Waals surface area contributed by atoms with Gasteiger partial charge in [0.15, 0.2) is 6.73 Å². The van der Waals surface area contributed by atoms with Gasteiger partial charge in [-0.3, -0.25) is 15.2 Å². The molecule has 1 aromatic carbocycles. The highest BCUT2D eigenvalue weighted by Gasteiger charge is 2.29. The molecule has 2 aromatic rings. The van der Waals surface area contributed by atoms with Crippen LogP contribution in [-0.4, -0.2) is 35.7 Å². The number of amides is 1. The maximum absolute atomic E-state index is 12.2. The second-order valence-corrected chi connectivity index (χ2v) is 5.98. The lowest BCUT2D eigenvalue weighted by molar-refractivity contribution is -0.0328. The van der Waals surface area contributed by atoms with E-state index in [2.05, 4.69) is 23.6 Å². The third-order valence-electron chi connectivity index (χ3n) is 2.72.